The molecule has 1 aliphatic carbocycles. The summed E-state index contributed by atoms with van der Waals surface area (Å²) in [5.41, 5.74) is -0.182. The number of likely N-dealkylation sites (N-methyl/N-ethyl adjacent to an activating group) is 1. The van der Waals surface area contributed by atoms with Gasteiger partial charge in [-0.15, -0.1) is 0 Å². The fourth-order valence-electron chi connectivity index (χ4n) is 3.43. The van der Waals surface area contributed by atoms with Crippen LogP contribution < -0.4 is 5.32 Å². The summed E-state index contributed by atoms with van der Waals surface area (Å²) in [5.74, 6) is 0. The van der Waals surface area contributed by atoms with E-state index in [1.165, 1.54) is 13.5 Å². The zero-order valence-corrected chi connectivity index (χ0v) is 13.4. The van der Waals surface area contributed by atoms with Gasteiger partial charge in [0.1, 0.15) is 0 Å². The van der Waals surface area contributed by atoms with Crippen LogP contribution in [0.5, 0.6) is 0 Å². The van der Waals surface area contributed by atoms with Crippen LogP contribution in [0.1, 0.15) is 44.9 Å². The van der Waals surface area contributed by atoms with Gasteiger partial charge in [-0.25, -0.2) is 4.79 Å². The quantitative estimate of drug-likeness (QED) is 0.831. The van der Waals surface area contributed by atoms with E-state index >= 15 is 0 Å². The van der Waals surface area contributed by atoms with Crippen LogP contribution in [0.3, 0.4) is 0 Å². The molecule has 1 heterocycles. The van der Waals surface area contributed by atoms with Crippen LogP contribution in [-0.4, -0.2) is 60.2 Å². The van der Waals surface area contributed by atoms with Crippen molar-refractivity contribution in [1.29, 1.82) is 0 Å². The number of amides is 2. The van der Waals surface area contributed by atoms with Gasteiger partial charge in [0.25, 0.3) is 0 Å². The van der Waals surface area contributed by atoms with Crippen LogP contribution in [0.15, 0.2) is 0 Å². The third-order valence-corrected chi connectivity index (χ3v) is 4.76. The molecule has 0 aromatic carbocycles. The Hall–Kier alpha value is -1.02. The molecule has 0 unspecified atom stereocenters. The first-order valence-electron chi connectivity index (χ1n) is 8.12. The predicted octanol–water partition coefficient (Wildman–Crippen LogP) is 2.43. The molecule has 8 heteroatoms. The minimum atomic E-state index is -4.72. The first-order chi connectivity index (χ1) is 10.7. The second-order valence-corrected chi connectivity index (χ2v) is 6.67. The van der Waals surface area contributed by atoms with Crippen molar-refractivity contribution in [3.05, 3.63) is 0 Å². The number of carbonyl (C=O) groups is 1. The second-order valence-electron chi connectivity index (χ2n) is 6.67. The van der Waals surface area contributed by atoms with Gasteiger partial charge in [-0.05, 0) is 25.7 Å². The number of aliphatic hydroxyl groups is 1. The molecule has 2 aliphatic rings. The van der Waals surface area contributed by atoms with Gasteiger partial charge in [-0.1, -0.05) is 19.3 Å². The summed E-state index contributed by atoms with van der Waals surface area (Å²) >= 11 is 0. The maximum absolute atomic E-state index is 12.3. The summed E-state index contributed by atoms with van der Waals surface area (Å²) in [6.45, 7) is -0.219. The zero-order chi connectivity index (χ0) is 17.1. The van der Waals surface area contributed by atoms with Crippen LogP contribution in [0.25, 0.3) is 0 Å². The van der Waals surface area contributed by atoms with Gasteiger partial charge in [0.2, 0.25) is 0 Å². The molecule has 0 aromatic heterocycles. The Bertz CT molecular complexity index is 406. The molecule has 1 saturated heterocycles. The third-order valence-electron chi connectivity index (χ3n) is 4.76. The average molecular weight is 338 g/mol. The van der Waals surface area contributed by atoms with E-state index in [1.807, 2.05) is 0 Å². The van der Waals surface area contributed by atoms with Gasteiger partial charge in [-0.2, -0.15) is 13.2 Å². The molecule has 1 aliphatic heterocycles. The Morgan fingerprint density at radius 3 is 2.65 bits per heavy atom. The summed E-state index contributed by atoms with van der Waals surface area (Å²) in [6.07, 6.45) is -0.532. The highest BCUT2D eigenvalue weighted by molar-refractivity contribution is 5.74. The molecule has 2 rings (SSSR count). The van der Waals surface area contributed by atoms with Gasteiger partial charge in [0, 0.05) is 19.7 Å². The lowest BCUT2D eigenvalue weighted by Crippen LogP contribution is -2.53. The van der Waals surface area contributed by atoms with E-state index in [1.54, 1.807) is 0 Å². The lowest BCUT2D eigenvalue weighted by Gasteiger charge is -2.43. The molecule has 2 N–H and O–H groups in total. The molecule has 0 aromatic rings. The number of aliphatic hydroxyl groups excluding tert-OH is 1. The Kier molecular flexibility index (Phi) is 5.78. The van der Waals surface area contributed by atoms with Crippen molar-refractivity contribution in [3.8, 4) is 0 Å². The molecule has 0 radical (unpaired) electrons. The van der Waals surface area contributed by atoms with Crippen molar-refractivity contribution in [2.75, 3.05) is 20.2 Å². The highest BCUT2D eigenvalue weighted by Gasteiger charge is 2.41. The first-order valence-corrected chi connectivity index (χ1v) is 8.12. The normalized spacial score (nSPS) is 25.9. The van der Waals surface area contributed by atoms with E-state index in [9.17, 15) is 18.0 Å². The number of nitrogens with one attached hydrogen (secondary N) is 1. The Balaban J connectivity index is 1.84. The van der Waals surface area contributed by atoms with Crippen LogP contribution in [0.4, 0.5) is 18.0 Å². The molecule has 23 heavy (non-hydrogen) atoms. The van der Waals surface area contributed by atoms with Crippen molar-refractivity contribution < 1.29 is 27.8 Å². The number of nitrogens with zero attached hydrogens (tertiary/aromatic N) is 1. The number of hydrogen-bond acceptors (Lipinski definition) is 3. The Morgan fingerprint density at radius 2 is 2.04 bits per heavy atom. The zero-order valence-electron chi connectivity index (χ0n) is 13.4. The van der Waals surface area contributed by atoms with Crippen LogP contribution in [0, 0.1) is 0 Å². The maximum Gasteiger partial charge on any atom is 0.416 e. The number of hydrogen-bond donors (Lipinski definition) is 2. The molecular formula is C15H25F3N2O3. The van der Waals surface area contributed by atoms with Gasteiger partial charge >= 0.3 is 12.2 Å². The SMILES string of the molecule is CN(C[C@H](O)C(F)(F)F)C(=O)N[C@H]1CCOC2(CCCCC2)C1. The molecule has 1 spiro atoms. The monoisotopic (exact) mass is 338 g/mol. The predicted molar refractivity (Wildman–Crippen MR) is 78.0 cm³/mol. The fourth-order valence-corrected chi connectivity index (χ4v) is 3.43. The van der Waals surface area contributed by atoms with Gasteiger partial charge in [0.05, 0.1) is 12.1 Å². The summed E-state index contributed by atoms with van der Waals surface area (Å²) < 4.78 is 43.0. The van der Waals surface area contributed by atoms with Gasteiger partial charge in [-0.3, -0.25) is 0 Å². The average Bonchev–Trinajstić information content (AvgIpc) is 2.47. The number of carbonyl (C=O) groups excluding carboxylic acids is 1. The lowest BCUT2D eigenvalue weighted by molar-refractivity contribution is -0.205. The molecule has 134 valence electrons. The van der Waals surface area contributed by atoms with E-state index in [4.69, 9.17) is 9.84 Å². The van der Waals surface area contributed by atoms with Crippen molar-refractivity contribution in [2.45, 2.75) is 68.9 Å². The molecule has 0 bridgehead atoms. The minimum absolute atomic E-state index is 0.0974. The number of halogens is 3. The topological polar surface area (TPSA) is 61.8 Å². The number of alkyl halides is 3. The summed E-state index contributed by atoms with van der Waals surface area (Å²) in [6, 6.07) is -0.689. The fraction of sp³-hybridized carbons (Fsp3) is 0.933. The van der Waals surface area contributed by atoms with Crippen molar-refractivity contribution in [1.82, 2.24) is 10.2 Å². The Labute approximate surface area is 134 Å². The molecule has 2 amide bonds. The van der Waals surface area contributed by atoms with Crippen molar-refractivity contribution >= 4 is 6.03 Å². The van der Waals surface area contributed by atoms with Crippen LogP contribution >= 0.6 is 0 Å². The van der Waals surface area contributed by atoms with Crippen LogP contribution in [-0.2, 0) is 4.74 Å². The molecular weight excluding hydrogens is 313 g/mol. The number of ether oxygens (including phenoxy) is 1. The van der Waals surface area contributed by atoms with Crippen molar-refractivity contribution in [2.24, 2.45) is 0 Å². The number of rotatable bonds is 3. The largest absolute Gasteiger partial charge is 0.416 e. The first kappa shape index (κ1) is 18.3. The summed E-state index contributed by atoms with van der Waals surface area (Å²) in [7, 11) is 1.25. The molecule has 2 atom stereocenters. The van der Waals surface area contributed by atoms with E-state index in [2.05, 4.69) is 5.32 Å². The third kappa shape index (κ3) is 4.97. The minimum Gasteiger partial charge on any atom is -0.382 e. The number of urea groups is 1. The second kappa shape index (κ2) is 7.25. The maximum atomic E-state index is 12.3. The van der Waals surface area contributed by atoms with E-state index < -0.39 is 24.9 Å². The highest BCUT2D eigenvalue weighted by atomic mass is 19.4. The molecule has 5 nitrogen and oxygen atoms in total. The lowest BCUT2D eigenvalue weighted by atomic mass is 9.78. The van der Waals surface area contributed by atoms with Gasteiger partial charge in [0.15, 0.2) is 6.10 Å². The highest BCUT2D eigenvalue weighted by Crippen LogP contribution is 2.38. The summed E-state index contributed by atoms with van der Waals surface area (Å²) in [5, 5.41) is 11.8. The van der Waals surface area contributed by atoms with E-state index in [-0.39, 0.29) is 11.6 Å². The Morgan fingerprint density at radius 1 is 1.39 bits per heavy atom. The smallest absolute Gasteiger partial charge is 0.382 e. The molecule has 2 fully saturated rings. The summed E-state index contributed by atoms with van der Waals surface area (Å²) in [4.78, 5) is 12.9. The van der Waals surface area contributed by atoms with Crippen molar-refractivity contribution in [3.63, 3.8) is 0 Å². The van der Waals surface area contributed by atoms with E-state index in [0.717, 1.165) is 30.6 Å². The van der Waals surface area contributed by atoms with E-state index in [0.29, 0.717) is 19.4 Å². The van der Waals surface area contributed by atoms with Crippen LogP contribution in [0.2, 0.25) is 0 Å². The standard InChI is InChI=1S/C15H25F3N2O3/c1-20(10-12(21)15(16,17)18)13(22)19-11-5-8-23-14(9-11)6-3-2-4-7-14/h11-12,21H,2-10H2,1H3,(H,19,22)/t11-,12-/m0/s1. The van der Waals surface area contributed by atoms with Gasteiger partial charge < -0.3 is 20.1 Å². The molecule has 1 saturated carbocycles.